The summed E-state index contributed by atoms with van der Waals surface area (Å²) < 4.78 is 3.54. The average molecular weight is 385 g/mol. The lowest BCUT2D eigenvalue weighted by Crippen LogP contribution is -2.09. The third kappa shape index (κ3) is 3.13. The summed E-state index contributed by atoms with van der Waals surface area (Å²) in [6.07, 6.45) is 5.42. The quantitative estimate of drug-likeness (QED) is 0.500. The summed E-state index contributed by atoms with van der Waals surface area (Å²) in [5, 5.41) is 23.1. The third-order valence-electron chi connectivity index (χ3n) is 5.05. The minimum atomic E-state index is -0.0375. The molecule has 0 spiro atoms. The number of benzene rings is 1. The summed E-state index contributed by atoms with van der Waals surface area (Å²) in [5.74, 6) is 0. The van der Waals surface area contributed by atoms with Crippen molar-refractivity contribution in [1.82, 2.24) is 34.7 Å². The number of aliphatic hydroxyl groups excluding tert-OH is 1. The smallest absolute Gasteiger partial charge is 0.179 e. The number of fused-ring (bicyclic) bond motifs is 2. The van der Waals surface area contributed by atoms with Crippen molar-refractivity contribution < 1.29 is 5.11 Å². The van der Waals surface area contributed by atoms with Crippen LogP contribution in [0.15, 0.2) is 61.1 Å². The Kier molecular flexibility index (Phi) is 4.25. The van der Waals surface area contributed by atoms with E-state index in [0.29, 0.717) is 6.54 Å². The maximum atomic E-state index is 9.08. The molecule has 0 saturated carbocycles. The molecule has 0 unspecified atom stereocenters. The second kappa shape index (κ2) is 7.06. The predicted octanol–water partition coefficient (Wildman–Crippen LogP) is 2.84. The van der Waals surface area contributed by atoms with Crippen LogP contribution in [0.1, 0.15) is 18.5 Å². The van der Waals surface area contributed by atoms with Crippen LogP contribution < -0.4 is 0 Å². The fourth-order valence-electron chi connectivity index (χ4n) is 3.46. The van der Waals surface area contributed by atoms with Crippen LogP contribution in [0, 0.1) is 0 Å². The lowest BCUT2D eigenvalue weighted by atomic mass is 10.1. The summed E-state index contributed by atoms with van der Waals surface area (Å²) in [7, 11) is 0. The van der Waals surface area contributed by atoms with E-state index in [1.165, 1.54) is 0 Å². The molecule has 1 atom stereocenters. The van der Waals surface area contributed by atoms with E-state index >= 15 is 0 Å². The van der Waals surface area contributed by atoms with Crippen LogP contribution in [0.4, 0.5) is 0 Å². The highest BCUT2D eigenvalue weighted by Gasteiger charge is 2.16. The zero-order chi connectivity index (χ0) is 19.8. The Bertz CT molecular complexity index is 1310. The number of rotatable bonds is 5. The maximum Gasteiger partial charge on any atom is 0.179 e. The van der Waals surface area contributed by atoms with Gasteiger partial charge in [0.25, 0.3) is 0 Å². The van der Waals surface area contributed by atoms with Gasteiger partial charge >= 0.3 is 0 Å². The topological polar surface area (TPSA) is 94.5 Å². The second-order valence-corrected chi connectivity index (χ2v) is 6.92. The maximum absolute atomic E-state index is 9.08. The highest BCUT2D eigenvalue weighted by molar-refractivity contribution is 5.79. The first-order valence-electron chi connectivity index (χ1n) is 9.43. The van der Waals surface area contributed by atoms with Crippen molar-refractivity contribution in [3.63, 3.8) is 0 Å². The Morgan fingerprint density at radius 1 is 1.10 bits per heavy atom. The normalized spacial score (nSPS) is 12.6. The van der Waals surface area contributed by atoms with Gasteiger partial charge in [0.05, 0.1) is 36.6 Å². The fraction of sp³-hybridized carbons (Fsp3) is 0.190. The van der Waals surface area contributed by atoms with Gasteiger partial charge < -0.3 is 5.11 Å². The molecule has 4 aromatic heterocycles. The molecule has 29 heavy (non-hydrogen) atoms. The number of hydrogen-bond acceptors (Lipinski definition) is 6. The first kappa shape index (κ1) is 17.4. The van der Waals surface area contributed by atoms with E-state index < -0.39 is 0 Å². The van der Waals surface area contributed by atoms with E-state index in [0.717, 1.165) is 38.9 Å². The summed E-state index contributed by atoms with van der Waals surface area (Å²) in [5.41, 5.74) is 5.21. The van der Waals surface area contributed by atoms with Gasteiger partial charge in [-0.2, -0.15) is 5.10 Å². The van der Waals surface area contributed by atoms with Gasteiger partial charge in [0.2, 0.25) is 0 Å². The number of nitrogens with zero attached hydrogens (tertiary/aromatic N) is 7. The van der Waals surface area contributed by atoms with Gasteiger partial charge in [0, 0.05) is 23.3 Å². The Balaban J connectivity index is 1.55. The van der Waals surface area contributed by atoms with Gasteiger partial charge in [-0.15, -0.1) is 5.10 Å². The molecule has 0 amide bonds. The second-order valence-electron chi connectivity index (χ2n) is 6.92. The summed E-state index contributed by atoms with van der Waals surface area (Å²) >= 11 is 0. The van der Waals surface area contributed by atoms with Gasteiger partial charge in [-0.1, -0.05) is 17.3 Å². The van der Waals surface area contributed by atoms with Crippen molar-refractivity contribution in [3.8, 4) is 11.3 Å². The minimum absolute atomic E-state index is 0.0375. The van der Waals surface area contributed by atoms with E-state index in [1.54, 1.807) is 17.1 Å². The molecule has 0 radical (unpaired) electrons. The van der Waals surface area contributed by atoms with Crippen molar-refractivity contribution in [1.29, 1.82) is 0 Å². The van der Waals surface area contributed by atoms with Crippen LogP contribution in [0.5, 0.6) is 0 Å². The monoisotopic (exact) mass is 385 g/mol. The zero-order valence-corrected chi connectivity index (χ0v) is 15.8. The van der Waals surface area contributed by atoms with Gasteiger partial charge in [-0.25, -0.2) is 9.67 Å². The van der Waals surface area contributed by atoms with Crippen LogP contribution in [0.3, 0.4) is 0 Å². The van der Waals surface area contributed by atoms with Gasteiger partial charge in [-0.05, 0) is 42.8 Å². The van der Waals surface area contributed by atoms with Crippen molar-refractivity contribution in [2.24, 2.45) is 0 Å². The molecule has 0 bridgehead atoms. The van der Waals surface area contributed by atoms with E-state index in [1.807, 2.05) is 35.1 Å². The first-order valence-corrected chi connectivity index (χ1v) is 9.43. The number of hydrogen-bond donors (Lipinski definition) is 1. The van der Waals surface area contributed by atoms with Crippen LogP contribution in [0.25, 0.3) is 33.3 Å². The molecule has 1 aromatic carbocycles. The van der Waals surface area contributed by atoms with E-state index in [4.69, 9.17) is 10.1 Å². The largest absolute Gasteiger partial charge is 0.394 e. The fourth-order valence-corrected chi connectivity index (χ4v) is 3.46. The highest BCUT2D eigenvalue weighted by atomic mass is 16.3. The van der Waals surface area contributed by atoms with Crippen LogP contribution >= 0.6 is 0 Å². The van der Waals surface area contributed by atoms with E-state index in [-0.39, 0.29) is 12.6 Å². The van der Waals surface area contributed by atoms with Crippen LogP contribution in [0.2, 0.25) is 0 Å². The predicted molar refractivity (Wildman–Crippen MR) is 109 cm³/mol. The molecule has 4 heterocycles. The van der Waals surface area contributed by atoms with Crippen molar-refractivity contribution in [2.45, 2.75) is 19.5 Å². The Hall–Kier alpha value is -3.65. The van der Waals surface area contributed by atoms with E-state index in [2.05, 4.69) is 45.5 Å². The molecule has 0 aliphatic rings. The van der Waals surface area contributed by atoms with Gasteiger partial charge in [0.1, 0.15) is 5.52 Å². The molecule has 8 heteroatoms. The third-order valence-corrected chi connectivity index (χ3v) is 5.05. The molecule has 0 aliphatic heterocycles. The molecule has 0 saturated heterocycles. The Morgan fingerprint density at radius 3 is 2.90 bits per heavy atom. The summed E-state index contributed by atoms with van der Waals surface area (Å²) in [4.78, 5) is 9.18. The Morgan fingerprint density at radius 2 is 2.00 bits per heavy atom. The summed E-state index contributed by atoms with van der Waals surface area (Å²) in [6, 6.07) is 14.0. The SMILES string of the molecule is C[C@@H](c1ccc2ncccc2c1)n1nnc2ccc(-c3cnn(CCO)c3)nc21. The lowest BCUT2D eigenvalue weighted by Gasteiger charge is -2.13. The molecule has 0 aliphatic carbocycles. The van der Waals surface area contributed by atoms with Crippen LogP contribution in [-0.4, -0.2) is 46.5 Å². The lowest BCUT2D eigenvalue weighted by molar-refractivity contribution is 0.269. The molecule has 8 nitrogen and oxygen atoms in total. The van der Waals surface area contributed by atoms with Crippen LogP contribution in [-0.2, 0) is 6.54 Å². The minimum Gasteiger partial charge on any atom is -0.394 e. The van der Waals surface area contributed by atoms with Crippen molar-refractivity contribution >= 4 is 22.1 Å². The molecule has 1 N–H and O–H groups in total. The number of aromatic nitrogens is 7. The number of pyridine rings is 2. The van der Waals surface area contributed by atoms with Gasteiger partial charge in [-0.3, -0.25) is 9.67 Å². The molecule has 144 valence electrons. The van der Waals surface area contributed by atoms with Gasteiger partial charge in [0.15, 0.2) is 5.65 Å². The Labute approximate surface area is 166 Å². The molecular weight excluding hydrogens is 366 g/mol. The van der Waals surface area contributed by atoms with Crippen molar-refractivity contribution in [3.05, 3.63) is 66.6 Å². The molecule has 5 rings (SSSR count). The molecule has 0 fully saturated rings. The highest BCUT2D eigenvalue weighted by Crippen LogP contribution is 2.25. The molecule has 5 aromatic rings. The zero-order valence-electron chi connectivity index (χ0n) is 15.8. The standard InChI is InChI=1S/C21H19N7O/c1-14(15-4-5-18-16(11-15)3-2-8-22-18)28-21-20(25-26-28)7-6-19(24-21)17-12-23-27(13-17)9-10-29/h2-8,11-14,29H,9-10H2,1H3/t14-/m0/s1. The average Bonchev–Trinajstić information content (AvgIpc) is 3.40. The first-order chi connectivity index (χ1) is 14.2. The number of aliphatic hydroxyl groups is 1. The van der Waals surface area contributed by atoms with E-state index in [9.17, 15) is 0 Å². The summed E-state index contributed by atoms with van der Waals surface area (Å²) in [6.45, 7) is 2.58. The molecular formula is C21H19N7O. The van der Waals surface area contributed by atoms with Crippen molar-refractivity contribution in [2.75, 3.05) is 6.61 Å².